The molecule has 0 heterocycles. The summed E-state index contributed by atoms with van der Waals surface area (Å²) in [6.07, 6.45) is 0.799. The number of hydrogen-bond donors (Lipinski definition) is 0. The molecule has 0 fully saturated rings. The molecule has 1 aromatic rings. The molecule has 0 aliphatic rings. The van der Waals surface area contributed by atoms with Crippen molar-refractivity contribution in [2.45, 2.75) is 6.92 Å². The first-order valence-corrected chi connectivity index (χ1v) is 13.2. The molecule has 1 rings (SSSR count). The van der Waals surface area contributed by atoms with Crippen molar-refractivity contribution in [2.75, 3.05) is 126 Å². The first kappa shape index (κ1) is 34.4. The van der Waals surface area contributed by atoms with Crippen LogP contribution in [0.2, 0.25) is 0 Å². The molecule has 0 saturated heterocycles. The van der Waals surface area contributed by atoms with E-state index in [-0.39, 0.29) is 0 Å². The third kappa shape index (κ3) is 23.4. The topological polar surface area (TPSA) is 109 Å². The molecule has 0 atom stereocenters. The van der Waals surface area contributed by atoms with Crippen LogP contribution in [0.3, 0.4) is 0 Å². The van der Waals surface area contributed by atoms with Crippen molar-refractivity contribution in [2.24, 2.45) is 0 Å². The lowest BCUT2D eigenvalue weighted by Gasteiger charge is -2.09. The summed E-state index contributed by atoms with van der Waals surface area (Å²) in [5, 5.41) is 0. The summed E-state index contributed by atoms with van der Waals surface area (Å²) >= 11 is 0. The fourth-order valence-corrected chi connectivity index (χ4v) is 2.76. The Labute approximate surface area is 226 Å². The molecule has 0 unspecified atom stereocenters. The molecule has 220 valence electrons. The molecule has 11 nitrogen and oxygen atoms in total. The Hall–Kier alpha value is -1.67. The monoisotopic (exact) mass is 546 g/mol. The van der Waals surface area contributed by atoms with Gasteiger partial charge in [0.2, 0.25) is 0 Å². The van der Waals surface area contributed by atoms with Crippen molar-refractivity contribution < 1.29 is 52.2 Å². The van der Waals surface area contributed by atoms with Crippen molar-refractivity contribution in [3.8, 4) is 5.75 Å². The second-order valence-electron chi connectivity index (χ2n) is 7.63. The maximum Gasteiger partial charge on any atom is 0.150 e. The Morgan fingerprint density at radius 2 is 0.737 bits per heavy atom. The van der Waals surface area contributed by atoms with Gasteiger partial charge in [0, 0.05) is 12.2 Å². The van der Waals surface area contributed by atoms with E-state index in [1.165, 1.54) is 0 Å². The minimum Gasteiger partial charge on any atom is -0.491 e. The standard InChI is InChI=1S/C27H46O11/c1-2-29-7-8-30-9-10-31-11-12-32-13-14-33-15-16-34-17-18-35-19-20-36-21-22-37-23-24-38-27-5-3-26(25-28)4-6-27/h3-6,25H,2,7-24H2,1H3. The van der Waals surface area contributed by atoms with Crippen LogP contribution in [0.15, 0.2) is 24.3 Å². The van der Waals surface area contributed by atoms with Gasteiger partial charge in [-0.2, -0.15) is 0 Å². The predicted molar refractivity (Wildman–Crippen MR) is 140 cm³/mol. The number of ether oxygens (including phenoxy) is 10. The van der Waals surface area contributed by atoms with Gasteiger partial charge < -0.3 is 47.4 Å². The lowest BCUT2D eigenvalue weighted by atomic mass is 10.2. The summed E-state index contributed by atoms with van der Waals surface area (Å²) < 4.78 is 54.1. The Bertz CT molecular complexity index is 616. The smallest absolute Gasteiger partial charge is 0.150 e. The first-order valence-electron chi connectivity index (χ1n) is 13.2. The van der Waals surface area contributed by atoms with Gasteiger partial charge in [0.05, 0.1) is 112 Å². The van der Waals surface area contributed by atoms with Crippen LogP contribution in [-0.4, -0.2) is 132 Å². The number of aldehydes is 1. The Morgan fingerprint density at radius 3 is 1.03 bits per heavy atom. The summed E-state index contributed by atoms with van der Waals surface area (Å²) in [6, 6.07) is 6.94. The van der Waals surface area contributed by atoms with Crippen molar-refractivity contribution >= 4 is 6.29 Å². The average Bonchev–Trinajstić information content (AvgIpc) is 2.95. The highest BCUT2D eigenvalue weighted by Gasteiger charge is 1.97. The molecule has 0 bridgehead atoms. The molecule has 11 heteroatoms. The van der Waals surface area contributed by atoms with Gasteiger partial charge >= 0.3 is 0 Å². The van der Waals surface area contributed by atoms with E-state index in [9.17, 15) is 4.79 Å². The molecule has 0 saturated carbocycles. The van der Waals surface area contributed by atoms with Gasteiger partial charge in [-0.3, -0.25) is 4.79 Å². The van der Waals surface area contributed by atoms with E-state index in [4.69, 9.17) is 47.4 Å². The zero-order chi connectivity index (χ0) is 27.2. The van der Waals surface area contributed by atoms with E-state index in [0.717, 1.165) is 6.29 Å². The van der Waals surface area contributed by atoms with Crippen LogP contribution in [0, 0.1) is 0 Å². The largest absolute Gasteiger partial charge is 0.491 e. The summed E-state index contributed by atoms with van der Waals surface area (Å²) in [6.45, 7) is 12.0. The van der Waals surface area contributed by atoms with E-state index in [1.54, 1.807) is 24.3 Å². The second kappa shape index (κ2) is 28.3. The number of benzene rings is 1. The highest BCUT2D eigenvalue weighted by Crippen LogP contribution is 2.10. The Kier molecular flexibility index (Phi) is 25.6. The molecular weight excluding hydrogens is 500 g/mol. The number of hydrogen-bond acceptors (Lipinski definition) is 11. The van der Waals surface area contributed by atoms with E-state index < -0.39 is 0 Å². The van der Waals surface area contributed by atoms with E-state index in [2.05, 4.69) is 0 Å². The maximum atomic E-state index is 10.6. The molecule has 0 aliphatic heterocycles. The van der Waals surface area contributed by atoms with Crippen LogP contribution < -0.4 is 4.74 Å². The van der Waals surface area contributed by atoms with Gasteiger partial charge in [0.25, 0.3) is 0 Å². The highest BCUT2D eigenvalue weighted by atomic mass is 16.6. The lowest BCUT2D eigenvalue weighted by molar-refractivity contribution is -0.0252. The van der Waals surface area contributed by atoms with Crippen molar-refractivity contribution in [3.63, 3.8) is 0 Å². The van der Waals surface area contributed by atoms with E-state index in [0.29, 0.717) is 137 Å². The highest BCUT2D eigenvalue weighted by molar-refractivity contribution is 5.74. The summed E-state index contributed by atoms with van der Waals surface area (Å²) in [7, 11) is 0. The lowest BCUT2D eigenvalue weighted by Crippen LogP contribution is -2.15. The number of rotatable bonds is 30. The van der Waals surface area contributed by atoms with Crippen molar-refractivity contribution in [3.05, 3.63) is 29.8 Å². The fraction of sp³-hybridized carbons (Fsp3) is 0.741. The normalized spacial score (nSPS) is 11.2. The van der Waals surface area contributed by atoms with Gasteiger partial charge in [-0.25, -0.2) is 0 Å². The van der Waals surface area contributed by atoms with Crippen LogP contribution in [0.5, 0.6) is 5.75 Å². The third-order valence-electron chi connectivity index (χ3n) is 4.69. The molecule has 0 N–H and O–H groups in total. The zero-order valence-electron chi connectivity index (χ0n) is 22.8. The Morgan fingerprint density at radius 1 is 0.447 bits per heavy atom. The molecule has 0 amide bonds. The van der Waals surface area contributed by atoms with Crippen molar-refractivity contribution in [1.29, 1.82) is 0 Å². The van der Waals surface area contributed by atoms with E-state index >= 15 is 0 Å². The first-order chi connectivity index (χ1) is 18.9. The predicted octanol–water partition coefficient (Wildman–Crippen LogP) is 2.05. The average molecular weight is 547 g/mol. The molecule has 0 radical (unpaired) electrons. The molecule has 1 aromatic carbocycles. The minimum atomic E-state index is 0.435. The van der Waals surface area contributed by atoms with Crippen LogP contribution >= 0.6 is 0 Å². The quantitative estimate of drug-likeness (QED) is 0.104. The molecule has 0 aromatic heterocycles. The molecule has 38 heavy (non-hydrogen) atoms. The summed E-state index contributed by atoms with van der Waals surface area (Å²) in [4.78, 5) is 10.6. The van der Waals surface area contributed by atoms with Crippen LogP contribution in [-0.2, 0) is 42.6 Å². The molecular formula is C27H46O11. The fourth-order valence-electron chi connectivity index (χ4n) is 2.76. The zero-order valence-corrected chi connectivity index (χ0v) is 22.8. The van der Waals surface area contributed by atoms with Gasteiger partial charge in [-0.1, -0.05) is 0 Å². The van der Waals surface area contributed by atoms with Crippen LogP contribution in [0.4, 0.5) is 0 Å². The van der Waals surface area contributed by atoms with Crippen LogP contribution in [0.1, 0.15) is 17.3 Å². The summed E-state index contributed by atoms with van der Waals surface area (Å²) in [5.41, 5.74) is 0.621. The summed E-state index contributed by atoms with van der Waals surface area (Å²) in [5.74, 6) is 0.707. The van der Waals surface area contributed by atoms with Gasteiger partial charge in [-0.15, -0.1) is 0 Å². The van der Waals surface area contributed by atoms with Gasteiger partial charge in [0.1, 0.15) is 18.6 Å². The minimum absolute atomic E-state index is 0.435. The molecule has 0 aliphatic carbocycles. The third-order valence-corrected chi connectivity index (χ3v) is 4.69. The second-order valence-corrected chi connectivity index (χ2v) is 7.63. The van der Waals surface area contributed by atoms with Crippen molar-refractivity contribution in [1.82, 2.24) is 0 Å². The van der Waals surface area contributed by atoms with Gasteiger partial charge in [-0.05, 0) is 31.2 Å². The molecule has 0 spiro atoms. The number of carbonyl (C=O) groups is 1. The maximum absolute atomic E-state index is 10.6. The SMILES string of the molecule is CCOCCOCCOCCOCCOCCOCCOCCOCCOCCOc1ccc(C=O)cc1. The number of carbonyl (C=O) groups excluding carboxylic acids is 1. The van der Waals surface area contributed by atoms with Crippen LogP contribution in [0.25, 0.3) is 0 Å². The Balaban J connectivity index is 1.66. The van der Waals surface area contributed by atoms with Gasteiger partial charge in [0.15, 0.2) is 0 Å². The van der Waals surface area contributed by atoms with E-state index in [1.807, 2.05) is 6.92 Å².